The summed E-state index contributed by atoms with van der Waals surface area (Å²) in [5.41, 5.74) is 7.12. The summed E-state index contributed by atoms with van der Waals surface area (Å²) < 4.78 is 13.7. The Morgan fingerprint density at radius 3 is 2.71 bits per heavy atom. The quantitative estimate of drug-likeness (QED) is 0.831. The van der Waals surface area contributed by atoms with Crippen LogP contribution in [-0.4, -0.2) is 29.0 Å². The summed E-state index contributed by atoms with van der Waals surface area (Å²) in [7, 11) is 3.80. The first-order chi connectivity index (χ1) is 9.94. The van der Waals surface area contributed by atoms with E-state index in [0.29, 0.717) is 24.5 Å². The predicted molar refractivity (Wildman–Crippen MR) is 82.6 cm³/mol. The van der Waals surface area contributed by atoms with Gasteiger partial charge in [-0.25, -0.2) is 9.37 Å². The summed E-state index contributed by atoms with van der Waals surface area (Å²) in [6.07, 6.45) is 0. The van der Waals surface area contributed by atoms with Gasteiger partial charge >= 0.3 is 0 Å². The van der Waals surface area contributed by atoms with Crippen LogP contribution in [0.25, 0.3) is 0 Å². The molecule has 3 N–H and O–H groups in total. The molecule has 7 heteroatoms. The fourth-order valence-corrected chi connectivity index (χ4v) is 2.11. The van der Waals surface area contributed by atoms with Gasteiger partial charge in [0.25, 0.3) is 0 Å². The zero-order valence-electron chi connectivity index (χ0n) is 11.9. The number of rotatable bonds is 5. The van der Waals surface area contributed by atoms with E-state index in [0.717, 1.165) is 5.56 Å². The van der Waals surface area contributed by atoms with E-state index in [1.807, 2.05) is 25.1 Å². The van der Waals surface area contributed by atoms with Gasteiger partial charge in [0.05, 0.1) is 0 Å². The van der Waals surface area contributed by atoms with Crippen LogP contribution in [0.15, 0.2) is 24.3 Å². The molecule has 1 aromatic heterocycles. The molecule has 0 fully saturated rings. The molecule has 0 bridgehead atoms. The number of nitrogen functional groups attached to an aromatic ring is 1. The molecule has 21 heavy (non-hydrogen) atoms. The zero-order valence-corrected chi connectivity index (χ0v) is 12.7. The van der Waals surface area contributed by atoms with Crippen molar-refractivity contribution in [2.75, 3.05) is 25.1 Å². The highest BCUT2D eigenvalue weighted by atomic mass is 35.5. The van der Waals surface area contributed by atoms with Gasteiger partial charge in [0, 0.05) is 24.7 Å². The summed E-state index contributed by atoms with van der Waals surface area (Å²) in [5.74, 6) is 0.435. The zero-order chi connectivity index (χ0) is 15.4. The molecule has 0 spiro atoms. The first-order valence-corrected chi connectivity index (χ1v) is 6.78. The van der Waals surface area contributed by atoms with Crippen molar-refractivity contribution in [3.8, 4) is 0 Å². The van der Waals surface area contributed by atoms with Gasteiger partial charge in [-0.1, -0.05) is 17.7 Å². The molecular formula is C14H17ClFN5. The fourth-order valence-electron chi connectivity index (χ4n) is 1.92. The fraction of sp³-hybridized carbons (Fsp3) is 0.286. The van der Waals surface area contributed by atoms with Crippen molar-refractivity contribution < 1.29 is 4.39 Å². The minimum Gasteiger partial charge on any atom is -0.368 e. The van der Waals surface area contributed by atoms with E-state index in [4.69, 9.17) is 17.3 Å². The summed E-state index contributed by atoms with van der Waals surface area (Å²) >= 11 is 5.81. The van der Waals surface area contributed by atoms with E-state index in [1.165, 1.54) is 6.07 Å². The molecule has 112 valence electrons. The topological polar surface area (TPSA) is 67.1 Å². The van der Waals surface area contributed by atoms with Crippen LogP contribution in [0.5, 0.6) is 0 Å². The van der Waals surface area contributed by atoms with E-state index >= 15 is 0 Å². The lowest BCUT2D eigenvalue weighted by molar-refractivity contribution is 0.392. The molecule has 0 unspecified atom stereocenters. The number of nitrogens with two attached hydrogens (primary N) is 1. The van der Waals surface area contributed by atoms with Crippen LogP contribution < -0.4 is 11.1 Å². The van der Waals surface area contributed by atoms with E-state index in [2.05, 4.69) is 15.3 Å². The van der Waals surface area contributed by atoms with Gasteiger partial charge < -0.3 is 16.0 Å². The molecule has 2 rings (SSSR count). The standard InChI is InChI=1S/C14H17ClFN5/c1-21(2)8-10-5-9(3-4-11(10)16)7-18-13-6-12(15)19-14(17)20-13/h3-6H,7-8H2,1-2H3,(H3,17,18,19,20). The molecule has 0 aliphatic carbocycles. The molecule has 2 aromatic rings. The van der Waals surface area contributed by atoms with Crippen molar-refractivity contribution in [1.82, 2.24) is 14.9 Å². The molecule has 0 aliphatic heterocycles. The Morgan fingerprint density at radius 2 is 2.05 bits per heavy atom. The minimum absolute atomic E-state index is 0.109. The molecule has 0 saturated heterocycles. The maximum atomic E-state index is 13.7. The molecule has 0 radical (unpaired) electrons. The number of anilines is 2. The lowest BCUT2D eigenvalue weighted by atomic mass is 10.1. The monoisotopic (exact) mass is 309 g/mol. The van der Waals surface area contributed by atoms with Crippen molar-refractivity contribution in [3.63, 3.8) is 0 Å². The van der Waals surface area contributed by atoms with Crippen molar-refractivity contribution in [3.05, 3.63) is 46.4 Å². The summed E-state index contributed by atoms with van der Waals surface area (Å²) in [4.78, 5) is 9.73. The average molecular weight is 310 g/mol. The van der Waals surface area contributed by atoms with Gasteiger partial charge in [-0.05, 0) is 31.8 Å². The van der Waals surface area contributed by atoms with E-state index in [9.17, 15) is 4.39 Å². The molecule has 0 amide bonds. The van der Waals surface area contributed by atoms with E-state index in [1.54, 1.807) is 12.1 Å². The van der Waals surface area contributed by atoms with Crippen LogP contribution in [0.1, 0.15) is 11.1 Å². The third-order valence-electron chi connectivity index (χ3n) is 2.78. The third kappa shape index (κ3) is 4.54. The first kappa shape index (κ1) is 15.5. The second-order valence-corrected chi connectivity index (χ2v) is 5.34. The molecule has 5 nitrogen and oxygen atoms in total. The highest BCUT2D eigenvalue weighted by Gasteiger charge is 2.06. The Morgan fingerprint density at radius 1 is 1.29 bits per heavy atom. The minimum atomic E-state index is -0.207. The van der Waals surface area contributed by atoms with Crippen LogP contribution in [0.2, 0.25) is 5.15 Å². The smallest absolute Gasteiger partial charge is 0.223 e. The lowest BCUT2D eigenvalue weighted by Gasteiger charge is -2.12. The summed E-state index contributed by atoms with van der Waals surface area (Å²) in [6.45, 7) is 1.04. The lowest BCUT2D eigenvalue weighted by Crippen LogP contribution is -2.12. The highest BCUT2D eigenvalue weighted by Crippen LogP contribution is 2.16. The molecular weight excluding hydrogens is 293 g/mol. The van der Waals surface area contributed by atoms with Crippen LogP contribution >= 0.6 is 11.6 Å². The number of hydrogen-bond donors (Lipinski definition) is 2. The molecule has 0 aliphatic rings. The van der Waals surface area contributed by atoms with Gasteiger partial charge in [0.15, 0.2) is 0 Å². The summed E-state index contributed by atoms with van der Waals surface area (Å²) in [5, 5.41) is 3.37. The van der Waals surface area contributed by atoms with Gasteiger partial charge in [-0.15, -0.1) is 0 Å². The summed E-state index contributed by atoms with van der Waals surface area (Å²) in [6, 6.07) is 6.61. The molecule has 1 heterocycles. The van der Waals surface area contributed by atoms with Crippen LogP contribution in [0.4, 0.5) is 16.2 Å². The second-order valence-electron chi connectivity index (χ2n) is 4.95. The Labute approximate surface area is 128 Å². The number of nitrogens with one attached hydrogen (secondary N) is 1. The third-order valence-corrected chi connectivity index (χ3v) is 2.98. The van der Waals surface area contributed by atoms with Gasteiger partial charge in [0.1, 0.15) is 16.8 Å². The number of aromatic nitrogens is 2. The van der Waals surface area contributed by atoms with Crippen LogP contribution in [-0.2, 0) is 13.1 Å². The molecule has 0 saturated carbocycles. The Bertz CT molecular complexity index is 613. The SMILES string of the molecule is CN(C)Cc1cc(CNc2cc(Cl)nc(N)n2)ccc1F. The second kappa shape index (κ2) is 6.69. The van der Waals surface area contributed by atoms with E-state index < -0.39 is 0 Å². The van der Waals surface area contributed by atoms with Crippen molar-refractivity contribution in [2.45, 2.75) is 13.1 Å². The molecule has 1 aromatic carbocycles. The van der Waals surface area contributed by atoms with Gasteiger partial charge in [0.2, 0.25) is 5.95 Å². The normalized spacial score (nSPS) is 10.9. The Balaban J connectivity index is 2.09. The van der Waals surface area contributed by atoms with Crippen molar-refractivity contribution in [1.29, 1.82) is 0 Å². The molecule has 0 atom stereocenters. The first-order valence-electron chi connectivity index (χ1n) is 6.40. The van der Waals surface area contributed by atoms with Crippen LogP contribution in [0, 0.1) is 5.82 Å². The number of hydrogen-bond acceptors (Lipinski definition) is 5. The average Bonchev–Trinajstić information content (AvgIpc) is 2.38. The Kier molecular flexibility index (Phi) is 4.93. The maximum Gasteiger partial charge on any atom is 0.223 e. The number of benzene rings is 1. The number of halogens is 2. The Hall–Kier alpha value is -1.92. The van der Waals surface area contributed by atoms with E-state index in [-0.39, 0.29) is 16.9 Å². The predicted octanol–water partition coefficient (Wildman–Crippen LogP) is 2.53. The largest absolute Gasteiger partial charge is 0.368 e. The van der Waals surface area contributed by atoms with Crippen molar-refractivity contribution >= 4 is 23.4 Å². The highest BCUT2D eigenvalue weighted by molar-refractivity contribution is 6.29. The number of nitrogens with zero attached hydrogens (tertiary/aromatic N) is 3. The van der Waals surface area contributed by atoms with Crippen molar-refractivity contribution in [2.24, 2.45) is 0 Å². The van der Waals surface area contributed by atoms with Gasteiger partial charge in [-0.3, -0.25) is 0 Å². The maximum absolute atomic E-state index is 13.7. The van der Waals surface area contributed by atoms with Gasteiger partial charge in [-0.2, -0.15) is 4.98 Å². The van der Waals surface area contributed by atoms with Crippen LogP contribution in [0.3, 0.4) is 0 Å².